The smallest absolute Gasteiger partial charge is 0.318 e. The van der Waals surface area contributed by atoms with E-state index in [1.165, 1.54) is 9.13 Å². The average molecular weight is 415 g/mol. The predicted octanol–water partition coefficient (Wildman–Crippen LogP) is 1.63. The molecular formula is C23H21N5O3. The van der Waals surface area contributed by atoms with E-state index in [0.717, 1.165) is 16.7 Å². The van der Waals surface area contributed by atoms with E-state index in [0.29, 0.717) is 17.7 Å². The zero-order valence-electron chi connectivity index (χ0n) is 17.0. The number of carbonyl (C=O) groups excluding carboxylic acids is 1. The number of benzene rings is 1. The Kier molecular flexibility index (Phi) is 5.70. The molecule has 0 fully saturated rings. The van der Waals surface area contributed by atoms with E-state index in [1.807, 2.05) is 31.2 Å². The van der Waals surface area contributed by atoms with Crippen LogP contribution in [0.4, 0.5) is 0 Å². The molecule has 8 heteroatoms. The maximum absolute atomic E-state index is 12.9. The highest BCUT2D eigenvalue weighted by Crippen LogP contribution is 2.10. The van der Waals surface area contributed by atoms with Gasteiger partial charge in [0, 0.05) is 25.1 Å². The standard InChI is InChI=1S/C23H21N5O3/c1-16-4-6-17(7-5-16)13-26-20(29)15-27-19-3-2-10-25-21(19)28(23(31)22(27)30)14-18-8-11-24-12-9-18/h2-12H,13-15H2,1H3,(H,26,29). The van der Waals surface area contributed by atoms with E-state index < -0.39 is 11.1 Å². The van der Waals surface area contributed by atoms with E-state index in [-0.39, 0.29) is 19.0 Å². The van der Waals surface area contributed by atoms with Gasteiger partial charge in [-0.05, 0) is 42.3 Å². The minimum absolute atomic E-state index is 0.185. The summed E-state index contributed by atoms with van der Waals surface area (Å²) in [6, 6.07) is 14.7. The molecule has 3 heterocycles. The van der Waals surface area contributed by atoms with Crippen LogP contribution in [0, 0.1) is 6.92 Å². The molecule has 3 aromatic heterocycles. The predicted molar refractivity (Wildman–Crippen MR) is 117 cm³/mol. The van der Waals surface area contributed by atoms with Crippen LogP contribution in [0.1, 0.15) is 16.7 Å². The van der Waals surface area contributed by atoms with E-state index >= 15 is 0 Å². The Bertz CT molecular complexity index is 1340. The third-order valence-electron chi connectivity index (χ3n) is 4.99. The van der Waals surface area contributed by atoms with Gasteiger partial charge in [0.15, 0.2) is 5.65 Å². The van der Waals surface area contributed by atoms with Gasteiger partial charge >= 0.3 is 11.1 Å². The van der Waals surface area contributed by atoms with Gasteiger partial charge in [-0.1, -0.05) is 29.8 Å². The quantitative estimate of drug-likeness (QED) is 0.483. The summed E-state index contributed by atoms with van der Waals surface area (Å²) in [6.45, 7) is 2.25. The molecule has 0 aliphatic carbocycles. The number of aromatic nitrogens is 4. The molecule has 4 rings (SSSR count). The van der Waals surface area contributed by atoms with Crippen LogP contribution in [0.2, 0.25) is 0 Å². The van der Waals surface area contributed by atoms with Gasteiger partial charge in [-0.15, -0.1) is 0 Å². The number of hydrogen-bond donors (Lipinski definition) is 1. The van der Waals surface area contributed by atoms with Crippen molar-refractivity contribution in [2.75, 3.05) is 0 Å². The second-order valence-corrected chi connectivity index (χ2v) is 7.25. The van der Waals surface area contributed by atoms with Gasteiger partial charge < -0.3 is 5.32 Å². The average Bonchev–Trinajstić information content (AvgIpc) is 2.80. The van der Waals surface area contributed by atoms with Crippen molar-refractivity contribution >= 4 is 17.1 Å². The number of fused-ring (bicyclic) bond motifs is 1. The van der Waals surface area contributed by atoms with Crippen LogP contribution in [-0.2, 0) is 24.4 Å². The molecule has 4 aromatic rings. The summed E-state index contributed by atoms with van der Waals surface area (Å²) >= 11 is 0. The summed E-state index contributed by atoms with van der Waals surface area (Å²) < 4.78 is 2.51. The number of rotatable bonds is 6. The second kappa shape index (κ2) is 8.74. The molecule has 0 saturated carbocycles. The molecule has 0 atom stereocenters. The van der Waals surface area contributed by atoms with Crippen molar-refractivity contribution in [2.24, 2.45) is 0 Å². The Morgan fingerprint density at radius 3 is 2.35 bits per heavy atom. The maximum Gasteiger partial charge on any atom is 0.318 e. The highest BCUT2D eigenvalue weighted by atomic mass is 16.2. The molecule has 0 unspecified atom stereocenters. The van der Waals surface area contributed by atoms with Crippen molar-refractivity contribution in [1.29, 1.82) is 0 Å². The first-order valence-electron chi connectivity index (χ1n) is 9.82. The van der Waals surface area contributed by atoms with Crippen molar-refractivity contribution in [3.63, 3.8) is 0 Å². The van der Waals surface area contributed by atoms with E-state index in [4.69, 9.17) is 0 Å². The molecular weight excluding hydrogens is 394 g/mol. The lowest BCUT2D eigenvalue weighted by molar-refractivity contribution is -0.121. The number of aryl methyl sites for hydroxylation is 1. The number of nitrogens with one attached hydrogen (secondary N) is 1. The molecule has 8 nitrogen and oxygen atoms in total. The van der Waals surface area contributed by atoms with Crippen LogP contribution in [0.15, 0.2) is 76.7 Å². The number of pyridine rings is 2. The monoisotopic (exact) mass is 415 g/mol. The van der Waals surface area contributed by atoms with Crippen molar-refractivity contribution < 1.29 is 4.79 Å². The molecule has 0 radical (unpaired) electrons. The molecule has 0 aliphatic heterocycles. The van der Waals surface area contributed by atoms with Gasteiger partial charge in [0.2, 0.25) is 5.91 Å². The molecule has 1 N–H and O–H groups in total. The molecule has 0 saturated heterocycles. The summed E-state index contributed by atoms with van der Waals surface area (Å²) in [6.07, 6.45) is 4.79. The van der Waals surface area contributed by atoms with Crippen LogP contribution in [0.25, 0.3) is 11.2 Å². The fourth-order valence-electron chi connectivity index (χ4n) is 3.32. The van der Waals surface area contributed by atoms with Crippen molar-refractivity contribution in [3.05, 3.63) is 105 Å². The first kappa shape index (κ1) is 20.2. The van der Waals surface area contributed by atoms with E-state index in [9.17, 15) is 14.4 Å². The van der Waals surface area contributed by atoms with Gasteiger partial charge in [-0.25, -0.2) is 4.98 Å². The molecule has 31 heavy (non-hydrogen) atoms. The third-order valence-corrected chi connectivity index (χ3v) is 4.99. The topological polar surface area (TPSA) is 98.9 Å². The van der Waals surface area contributed by atoms with E-state index in [1.54, 1.807) is 42.9 Å². The Balaban J connectivity index is 1.64. The van der Waals surface area contributed by atoms with Crippen LogP contribution in [-0.4, -0.2) is 25.0 Å². The SMILES string of the molecule is Cc1ccc(CNC(=O)Cn2c(=O)c(=O)n(Cc3ccncc3)c3ncccc32)cc1. The van der Waals surface area contributed by atoms with Crippen LogP contribution >= 0.6 is 0 Å². The molecule has 0 aliphatic rings. The summed E-state index contributed by atoms with van der Waals surface area (Å²) in [5.74, 6) is -0.362. The maximum atomic E-state index is 12.9. The normalized spacial score (nSPS) is 10.9. The summed E-state index contributed by atoms with van der Waals surface area (Å²) in [7, 11) is 0. The van der Waals surface area contributed by atoms with Crippen molar-refractivity contribution in [2.45, 2.75) is 26.6 Å². The fourth-order valence-corrected chi connectivity index (χ4v) is 3.32. The Labute approximate surface area is 177 Å². The van der Waals surface area contributed by atoms with Crippen molar-refractivity contribution in [3.8, 4) is 0 Å². The van der Waals surface area contributed by atoms with Crippen molar-refractivity contribution in [1.82, 2.24) is 24.4 Å². The van der Waals surface area contributed by atoms with Gasteiger partial charge in [-0.3, -0.25) is 28.5 Å². The lowest BCUT2D eigenvalue weighted by atomic mass is 10.1. The molecule has 156 valence electrons. The van der Waals surface area contributed by atoms with Crippen LogP contribution < -0.4 is 16.4 Å². The third kappa shape index (κ3) is 4.42. The van der Waals surface area contributed by atoms with Gasteiger partial charge in [0.05, 0.1) is 12.1 Å². The number of hydrogen-bond acceptors (Lipinski definition) is 5. The number of amides is 1. The highest BCUT2D eigenvalue weighted by molar-refractivity contribution is 5.78. The number of nitrogens with zero attached hydrogens (tertiary/aromatic N) is 4. The lowest BCUT2D eigenvalue weighted by Gasteiger charge is -2.14. The minimum Gasteiger partial charge on any atom is -0.350 e. The minimum atomic E-state index is -0.764. The van der Waals surface area contributed by atoms with Gasteiger partial charge in [-0.2, -0.15) is 0 Å². The zero-order valence-corrected chi connectivity index (χ0v) is 17.0. The van der Waals surface area contributed by atoms with E-state index in [2.05, 4.69) is 15.3 Å². The number of carbonyl (C=O) groups is 1. The highest BCUT2D eigenvalue weighted by Gasteiger charge is 2.16. The molecule has 0 spiro atoms. The summed E-state index contributed by atoms with van der Waals surface area (Å²) in [5.41, 5.74) is 2.17. The molecule has 0 bridgehead atoms. The van der Waals surface area contributed by atoms with Crippen LogP contribution in [0.3, 0.4) is 0 Å². The Morgan fingerprint density at radius 2 is 1.61 bits per heavy atom. The second-order valence-electron chi connectivity index (χ2n) is 7.25. The first-order valence-corrected chi connectivity index (χ1v) is 9.82. The largest absolute Gasteiger partial charge is 0.350 e. The molecule has 1 amide bonds. The van der Waals surface area contributed by atoms with Gasteiger partial charge in [0.25, 0.3) is 0 Å². The zero-order chi connectivity index (χ0) is 21.8. The summed E-state index contributed by atoms with van der Waals surface area (Å²) in [4.78, 5) is 46.5. The Morgan fingerprint density at radius 1 is 0.903 bits per heavy atom. The molecule has 1 aromatic carbocycles. The summed E-state index contributed by atoms with van der Waals surface area (Å²) in [5, 5.41) is 2.80. The first-order chi connectivity index (χ1) is 15.0. The fraction of sp³-hybridized carbons (Fsp3) is 0.174. The van der Waals surface area contributed by atoms with Crippen LogP contribution in [0.5, 0.6) is 0 Å². The Hall–Kier alpha value is -4.07. The van der Waals surface area contributed by atoms with Gasteiger partial charge in [0.1, 0.15) is 6.54 Å². The lowest BCUT2D eigenvalue weighted by Crippen LogP contribution is -2.44.